The summed E-state index contributed by atoms with van der Waals surface area (Å²) in [4.78, 5) is 37.5. The van der Waals surface area contributed by atoms with Crippen molar-refractivity contribution in [1.29, 1.82) is 0 Å². The van der Waals surface area contributed by atoms with Crippen molar-refractivity contribution in [3.63, 3.8) is 0 Å². The van der Waals surface area contributed by atoms with Crippen LogP contribution in [0.15, 0.2) is 24.3 Å². The number of alkyl carbamates (subject to hydrolysis) is 1. The lowest BCUT2D eigenvalue weighted by molar-refractivity contribution is -0.138. The predicted octanol–water partition coefficient (Wildman–Crippen LogP) is 2.39. The molecule has 3 aliphatic heterocycles. The first-order valence-corrected chi connectivity index (χ1v) is 12.9. The molecule has 1 aromatic carbocycles. The van der Waals surface area contributed by atoms with Gasteiger partial charge in [0.25, 0.3) is 0 Å². The molecule has 0 aromatic heterocycles. The Morgan fingerprint density at radius 3 is 2.71 bits per heavy atom. The summed E-state index contributed by atoms with van der Waals surface area (Å²) < 4.78 is 44.1. The van der Waals surface area contributed by atoms with E-state index in [1.807, 2.05) is 0 Å². The Kier molecular flexibility index (Phi) is 7.95. The number of nitrogens with one attached hydrogen (secondary N) is 4. The fourth-order valence-electron chi connectivity index (χ4n) is 4.20. The van der Waals surface area contributed by atoms with E-state index in [9.17, 15) is 27.6 Å². The average Bonchev–Trinajstić information content (AvgIpc) is 3.44. The van der Waals surface area contributed by atoms with Crippen molar-refractivity contribution < 1.29 is 32.3 Å². The largest absolute Gasteiger partial charge is 0.444 e. The Balaban J connectivity index is 1.27. The van der Waals surface area contributed by atoms with Crippen LogP contribution in [-0.2, 0) is 27.1 Å². The molecule has 3 amide bonds. The number of thioether (sulfide) groups is 2. The molecule has 5 atom stereocenters. The zero-order valence-electron chi connectivity index (χ0n) is 18.0. The minimum absolute atomic E-state index is 0.178. The molecule has 0 bridgehead atoms. The molecule has 0 spiro atoms. The van der Waals surface area contributed by atoms with Crippen LogP contribution < -0.4 is 21.3 Å². The van der Waals surface area contributed by atoms with Crippen LogP contribution in [0.25, 0.3) is 0 Å². The number of hydrogen-bond acceptors (Lipinski definition) is 8. The van der Waals surface area contributed by atoms with Crippen molar-refractivity contribution in [2.24, 2.45) is 5.92 Å². The normalized spacial score (nSPS) is 28.7. The lowest BCUT2D eigenvalue weighted by Crippen LogP contribution is -2.50. The van der Waals surface area contributed by atoms with E-state index < -0.39 is 47.0 Å². The summed E-state index contributed by atoms with van der Waals surface area (Å²) >= 11 is 2.93. The van der Waals surface area contributed by atoms with Gasteiger partial charge < -0.3 is 15.4 Å². The summed E-state index contributed by atoms with van der Waals surface area (Å²) in [5.74, 6) is -0.887. The molecule has 0 radical (unpaired) electrons. The third kappa shape index (κ3) is 5.99. The van der Waals surface area contributed by atoms with E-state index in [4.69, 9.17) is 4.74 Å². The maximum Gasteiger partial charge on any atom is 0.416 e. The van der Waals surface area contributed by atoms with Crippen LogP contribution in [0, 0.1) is 5.92 Å². The number of amides is 3. The predicted molar refractivity (Wildman–Crippen MR) is 122 cm³/mol. The summed E-state index contributed by atoms with van der Waals surface area (Å²) in [5.41, 5.74) is -1.12. The third-order valence-corrected chi connectivity index (χ3v) is 8.60. The topological polar surface area (TPSA) is 109 Å². The lowest BCUT2D eigenvalue weighted by Gasteiger charge is -2.24. The van der Waals surface area contributed by atoms with Gasteiger partial charge in [-0.3, -0.25) is 20.2 Å². The molecule has 0 aliphatic carbocycles. The number of hydrogen-bond donors (Lipinski definition) is 4. The molecule has 8 nitrogen and oxygen atoms in total. The number of carbonyl (C=O) groups excluding carboxylic acids is 3. The molecule has 3 heterocycles. The number of ether oxygens (including phenoxy) is 1. The molecule has 4 rings (SSSR count). The molecule has 5 unspecified atom stereocenters. The molecule has 3 saturated heterocycles. The third-order valence-electron chi connectivity index (χ3n) is 5.91. The minimum Gasteiger partial charge on any atom is -0.444 e. The highest BCUT2D eigenvalue weighted by molar-refractivity contribution is 8.01. The lowest BCUT2D eigenvalue weighted by atomic mass is 10.1. The zero-order chi connectivity index (χ0) is 24.3. The van der Waals surface area contributed by atoms with Gasteiger partial charge in [0.15, 0.2) is 0 Å². The maximum atomic E-state index is 13.1. The Hall–Kier alpha value is -1.96. The monoisotopic (exact) mass is 518 g/mol. The van der Waals surface area contributed by atoms with Crippen molar-refractivity contribution in [1.82, 2.24) is 21.3 Å². The first-order chi connectivity index (χ1) is 16.2. The van der Waals surface area contributed by atoms with Gasteiger partial charge in [0.2, 0.25) is 11.8 Å². The van der Waals surface area contributed by atoms with E-state index in [0.29, 0.717) is 12.2 Å². The van der Waals surface area contributed by atoms with E-state index in [2.05, 4.69) is 21.3 Å². The number of rotatable bonds is 5. The van der Waals surface area contributed by atoms with Gasteiger partial charge in [0.05, 0.1) is 22.2 Å². The Morgan fingerprint density at radius 1 is 1.15 bits per heavy atom. The van der Waals surface area contributed by atoms with Gasteiger partial charge in [-0.25, -0.2) is 4.79 Å². The maximum absolute atomic E-state index is 13.1. The van der Waals surface area contributed by atoms with Gasteiger partial charge in [0, 0.05) is 11.6 Å². The molecule has 13 heteroatoms. The quantitative estimate of drug-likeness (QED) is 0.471. The van der Waals surface area contributed by atoms with Gasteiger partial charge in [-0.05, 0) is 37.6 Å². The minimum atomic E-state index is -4.58. The summed E-state index contributed by atoms with van der Waals surface area (Å²) in [5, 5.41) is 10.9. The summed E-state index contributed by atoms with van der Waals surface area (Å²) in [6.07, 6.45) is -3.23. The standard InChI is InChI=1S/C21H25F3N4O4S2/c22-21(23,24)13-5-2-1-4-11(13)10-32-20(31)28-15(29)12-7-9-33-17(12)27-16(30)19-26-14-6-3-8-25-18(14)34-19/h1-2,4-5,12,14,17-19,25-26H,3,6-10H2,(H,27,30)(H,28,29,31). The van der Waals surface area contributed by atoms with Crippen LogP contribution in [0.3, 0.4) is 0 Å². The van der Waals surface area contributed by atoms with Crippen molar-refractivity contribution in [3.8, 4) is 0 Å². The number of alkyl halides is 3. The van der Waals surface area contributed by atoms with Crippen LogP contribution in [-0.4, -0.2) is 52.4 Å². The van der Waals surface area contributed by atoms with Crippen molar-refractivity contribution >= 4 is 41.4 Å². The summed E-state index contributed by atoms with van der Waals surface area (Å²) in [6.45, 7) is 0.290. The molecule has 1 aromatic rings. The van der Waals surface area contributed by atoms with Gasteiger partial charge in [0.1, 0.15) is 12.0 Å². The fourth-order valence-corrected chi connectivity index (χ4v) is 6.90. The first kappa shape index (κ1) is 25.1. The van der Waals surface area contributed by atoms with Crippen LogP contribution in [0.1, 0.15) is 30.4 Å². The first-order valence-electron chi connectivity index (χ1n) is 10.9. The molecule has 34 heavy (non-hydrogen) atoms. The Morgan fingerprint density at radius 2 is 1.94 bits per heavy atom. The average molecular weight is 519 g/mol. The fraction of sp³-hybridized carbons (Fsp3) is 0.571. The molecule has 0 saturated carbocycles. The summed E-state index contributed by atoms with van der Waals surface area (Å²) in [6, 6.07) is 4.97. The number of halogens is 3. The van der Waals surface area contributed by atoms with E-state index >= 15 is 0 Å². The number of carbonyl (C=O) groups is 3. The highest BCUT2D eigenvalue weighted by Gasteiger charge is 2.42. The zero-order valence-corrected chi connectivity index (χ0v) is 19.7. The Labute approximate surface area is 202 Å². The number of imide groups is 1. The van der Waals surface area contributed by atoms with Crippen molar-refractivity contribution in [2.45, 2.75) is 54.2 Å². The van der Waals surface area contributed by atoms with Crippen LogP contribution >= 0.6 is 23.5 Å². The molecular weight excluding hydrogens is 493 g/mol. The van der Waals surface area contributed by atoms with Crippen LogP contribution in [0.5, 0.6) is 0 Å². The number of fused-ring (bicyclic) bond motifs is 1. The summed E-state index contributed by atoms with van der Waals surface area (Å²) in [7, 11) is 0. The van der Waals surface area contributed by atoms with E-state index in [-0.39, 0.29) is 22.9 Å². The van der Waals surface area contributed by atoms with Gasteiger partial charge in [-0.15, -0.1) is 23.5 Å². The van der Waals surface area contributed by atoms with Crippen LogP contribution in [0.4, 0.5) is 18.0 Å². The highest BCUT2D eigenvalue weighted by Crippen LogP contribution is 2.34. The Bertz CT molecular complexity index is 922. The van der Waals surface area contributed by atoms with Crippen molar-refractivity contribution in [3.05, 3.63) is 35.4 Å². The van der Waals surface area contributed by atoms with E-state index in [1.54, 1.807) is 0 Å². The molecule has 4 N–H and O–H groups in total. The second-order valence-electron chi connectivity index (χ2n) is 8.22. The van der Waals surface area contributed by atoms with Gasteiger partial charge in [-0.1, -0.05) is 18.2 Å². The number of piperidine rings is 1. The van der Waals surface area contributed by atoms with E-state index in [1.165, 1.54) is 41.7 Å². The molecule has 3 fully saturated rings. The molecule has 186 valence electrons. The highest BCUT2D eigenvalue weighted by atomic mass is 32.2. The second kappa shape index (κ2) is 10.8. The van der Waals surface area contributed by atoms with Crippen molar-refractivity contribution in [2.75, 3.05) is 12.3 Å². The van der Waals surface area contributed by atoms with E-state index in [0.717, 1.165) is 25.5 Å². The van der Waals surface area contributed by atoms with Crippen LogP contribution in [0.2, 0.25) is 0 Å². The van der Waals surface area contributed by atoms with Gasteiger partial charge >= 0.3 is 12.3 Å². The molecular formula is C21H25F3N4O4S2. The molecule has 3 aliphatic rings. The SMILES string of the molecule is O=C(NC(=O)C1CCSC1NC(=O)C1NC2CCCNC2S1)OCc1ccccc1C(F)(F)F. The van der Waals surface area contributed by atoms with Gasteiger partial charge in [-0.2, -0.15) is 13.2 Å². The smallest absolute Gasteiger partial charge is 0.416 e. The second-order valence-corrected chi connectivity index (χ2v) is 10.7. The number of benzene rings is 1.